The number of benzene rings is 8. The second-order valence-corrected chi connectivity index (χ2v) is 26.9. The van der Waals surface area contributed by atoms with Crippen molar-refractivity contribution in [3.05, 3.63) is 194 Å². The van der Waals surface area contributed by atoms with Crippen LogP contribution in [0.4, 0.5) is 45.5 Å². The molecule has 8 rings (SSSR count). The second kappa shape index (κ2) is 29.1. The van der Waals surface area contributed by atoms with Crippen LogP contribution in [0.1, 0.15) is 0 Å². The van der Waals surface area contributed by atoms with Crippen molar-refractivity contribution in [3.8, 4) is 46.0 Å². The summed E-state index contributed by atoms with van der Waals surface area (Å²) in [6.07, 6.45) is 5.44. The predicted molar refractivity (Wildman–Crippen MR) is 317 cm³/mol. The summed E-state index contributed by atoms with van der Waals surface area (Å²) < 4.78 is 34.1. The van der Waals surface area contributed by atoms with E-state index in [1.807, 2.05) is 97.1 Å². The minimum absolute atomic E-state index is 0.212. The molecule has 416 valence electrons. The Morgan fingerprint density at radius 2 is 0.329 bits per heavy atom. The highest BCUT2D eigenvalue weighted by molar-refractivity contribution is 7.79. The zero-order valence-corrected chi connectivity index (χ0v) is 45.3. The first-order chi connectivity index (χ1) is 37.8. The van der Waals surface area contributed by atoms with Crippen LogP contribution in [0, 0.1) is 0 Å². The normalized spacial score (nSPS) is 11.1. The molecule has 0 saturated heterocycles. The molecule has 0 unspecified atom stereocenters. The molecule has 0 fully saturated rings. The standard InChI is InChI=1S/2C28H31N4O4P.H2O4S/c2*33-25-9-1-21(2-10-25)29-17-37(18-30-22-3-11-26(34)12-4-22,19-31-23-5-13-27(35)14-6-23)20-32-24-7-15-28(36)16-8-24;1-5(2,3)4/h2*1-16,29-32H,17-20H2,(H3-,33,34,35,36);(H2,1,2,3,4). The van der Waals surface area contributed by atoms with Gasteiger partial charge in [0.15, 0.2) is 0 Å². The summed E-state index contributed by atoms with van der Waals surface area (Å²) in [5, 5.41) is 106. The monoisotopic (exact) mass is 1130 g/mol. The van der Waals surface area contributed by atoms with Gasteiger partial charge in [0.2, 0.25) is 0 Å². The van der Waals surface area contributed by atoms with Gasteiger partial charge in [-0.15, -0.1) is 0 Å². The smallest absolute Gasteiger partial charge is 0.133 e. The molecular formula is C56H64N8O12P2S. The molecule has 0 amide bonds. The molecule has 0 spiro atoms. The highest BCUT2D eigenvalue weighted by Gasteiger charge is 2.39. The van der Waals surface area contributed by atoms with Crippen molar-refractivity contribution in [1.29, 1.82) is 0 Å². The molecule has 0 radical (unpaired) electrons. The van der Waals surface area contributed by atoms with Crippen LogP contribution in [0.3, 0.4) is 0 Å². The van der Waals surface area contributed by atoms with Gasteiger partial charge >= 0.3 is 0 Å². The number of rotatable bonds is 24. The first-order valence-corrected chi connectivity index (χ1v) is 30.8. The fraction of sp³-hybridized carbons (Fsp3) is 0.143. The molecule has 0 aliphatic rings. The molecule has 16 N–H and O–H groups in total. The average Bonchev–Trinajstić information content (AvgIpc) is 3.44. The van der Waals surface area contributed by atoms with Crippen LogP contribution < -0.4 is 42.5 Å². The molecule has 8 aromatic carbocycles. The van der Waals surface area contributed by atoms with E-state index in [1.54, 1.807) is 97.1 Å². The van der Waals surface area contributed by atoms with Crippen molar-refractivity contribution >= 4 is 70.4 Å². The van der Waals surface area contributed by atoms with Crippen LogP contribution in [-0.2, 0) is 10.4 Å². The van der Waals surface area contributed by atoms with Gasteiger partial charge < -0.3 is 92.5 Å². The van der Waals surface area contributed by atoms with E-state index < -0.39 is 24.9 Å². The Kier molecular flexibility index (Phi) is 22.0. The molecule has 8 aromatic rings. The summed E-state index contributed by atoms with van der Waals surface area (Å²) in [7, 11) is -8.97. The van der Waals surface area contributed by atoms with E-state index >= 15 is 0 Å². The van der Waals surface area contributed by atoms with Crippen LogP contribution in [0.15, 0.2) is 194 Å². The van der Waals surface area contributed by atoms with Crippen molar-refractivity contribution in [2.45, 2.75) is 0 Å². The highest BCUT2D eigenvalue weighted by atomic mass is 32.3. The van der Waals surface area contributed by atoms with Crippen LogP contribution in [0.5, 0.6) is 46.0 Å². The van der Waals surface area contributed by atoms with Gasteiger partial charge in [-0.2, -0.15) is 0 Å². The van der Waals surface area contributed by atoms with E-state index in [9.17, 15) is 40.9 Å². The third-order valence-corrected chi connectivity index (χ3v) is 18.5. The summed E-state index contributed by atoms with van der Waals surface area (Å²) >= 11 is 0. The van der Waals surface area contributed by atoms with Gasteiger partial charge in [0, 0.05) is 55.9 Å². The summed E-state index contributed by atoms with van der Waals surface area (Å²) in [6.45, 7) is 0. The van der Waals surface area contributed by atoms with E-state index in [-0.39, 0.29) is 46.0 Å². The molecule has 23 heteroatoms. The second-order valence-electron chi connectivity index (χ2n) is 18.1. The minimum Gasteiger partial charge on any atom is -0.759 e. The number of aromatic hydroxyl groups is 8. The van der Waals surface area contributed by atoms with Crippen LogP contribution >= 0.6 is 14.5 Å². The third kappa shape index (κ3) is 22.0. The summed E-state index contributed by atoms with van der Waals surface area (Å²) in [4.78, 5) is 0. The molecule has 0 aliphatic carbocycles. The lowest BCUT2D eigenvalue weighted by molar-refractivity contribution is 0.352. The molecular weight excluding hydrogens is 1070 g/mol. The van der Waals surface area contributed by atoms with E-state index in [0.29, 0.717) is 50.3 Å². The van der Waals surface area contributed by atoms with Crippen LogP contribution in [-0.4, -0.2) is 109 Å². The highest BCUT2D eigenvalue weighted by Crippen LogP contribution is 2.59. The number of anilines is 8. The lowest BCUT2D eigenvalue weighted by Crippen LogP contribution is -2.27. The zero-order chi connectivity index (χ0) is 56.7. The predicted octanol–water partition coefficient (Wildman–Crippen LogP) is 10.9. The Labute approximate surface area is 459 Å². The van der Waals surface area contributed by atoms with E-state index in [0.717, 1.165) is 45.5 Å². The van der Waals surface area contributed by atoms with Gasteiger partial charge in [0.25, 0.3) is 0 Å². The minimum atomic E-state index is -5.17. The van der Waals surface area contributed by atoms with E-state index in [2.05, 4.69) is 42.5 Å². The van der Waals surface area contributed by atoms with Crippen LogP contribution in [0.2, 0.25) is 0 Å². The van der Waals surface area contributed by atoms with Gasteiger partial charge in [-0.05, 0) is 194 Å². The molecule has 0 heterocycles. The fourth-order valence-corrected chi connectivity index (χ4v) is 12.9. The van der Waals surface area contributed by atoms with Crippen molar-refractivity contribution in [2.24, 2.45) is 0 Å². The Balaban J connectivity index is 0.000000235. The van der Waals surface area contributed by atoms with Gasteiger partial charge in [-0.1, -0.05) is 0 Å². The van der Waals surface area contributed by atoms with Crippen molar-refractivity contribution < 1.29 is 58.4 Å². The lowest BCUT2D eigenvalue weighted by atomic mass is 10.3. The molecule has 0 saturated carbocycles. The molecule has 0 bridgehead atoms. The Morgan fingerprint density at radius 3 is 0.418 bits per heavy atom. The molecule has 20 nitrogen and oxygen atoms in total. The van der Waals surface area contributed by atoms with Gasteiger partial charge in [-0.25, -0.2) is 0 Å². The van der Waals surface area contributed by atoms with Crippen molar-refractivity contribution in [3.63, 3.8) is 0 Å². The number of phenolic OH excluding ortho intramolecular Hbond substituents is 8. The third-order valence-electron chi connectivity index (χ3n) is 11.9. The quantitative estimate of drug-likeness (QED) is 0.0116. The fourth-order valence-electron chi connectivity index (χ4n) is 7.38. The molecule has 79 heavy (non-hydrogen) atoms. The largest absolute Gasteiger partial charge is 0.759 e. The maximum absolute atomic E-state index is 9.67. The van der Waals surface area contributed by atoms with Crippen molar-refractivity contribution in [2.75, 3.05) is 92.8 Å². The zero-order valence-electron chi connectivity index (χ0n) is 42.6. The molecule has 0 atom stereocenters. The number of nitrogens with one attached hydrogen (secondary N) is 8. The maximum Gasteiger partial charge on any atom is 0.133 e. The summed E-state index contributed by atoms with van der Waals surface area (Å²) in [5.41, 5.74) is 7.23. The van der Waals surface area contributed by atoms with E-state index in [1.165, 1.54) is 0 Å². The van der Waals surface area contributed by atoms with Gasteiger partial charge in [-0.3, -0.25) is 8.42 Å². The average molecular weight is 1140 g/mol. The topological polar surface area (TPSA) is 338 Å². The van der Waals surface area contributed by atoms with Gasteiger partial charge in [0.05, 0.1) is 14.5 Å². The SMILES string of the molecule is O=S(=O)([O-])[O-].Oc1ccc(NC[P+](CNc2ccc(O)cc2)(CNc2ccc(O)cc2)CNc2ccc(O)cc2)cc1.Oc1ccc(NC[P+](CNc2ccc(O)cc2)(CNc2ccc(O)cc2)CNc2ccc(O)cc2)cc1. The first kappa shape index (κ1) is 59.5. The Bertz CT molecular complexity index is 2560. The first-order valence-electron chi connectivity index (χ1n) is 24.4. The Morgan fingerprint density at radius 1 is 0.241 bits per heavy atom. The van der Waals surface area contributed by atoms with Crippen LogP contribution in [0.25, 0.3) is 0 Å². The van der Waals surface area contributed by atoms with Crippen molar-refractivity contribution in [1.82, 2.24) is 0 Å². The van der Waals surface area contributed by atoms with Gasteiger partial charge in [0.1, 0.15) is 96.3 Å². The summed E-state index contributed by atoms with van der Waals surface area (Å²) in [5.74, 6) is 1.69. The number of hydrogen-bond acceptors (Lipinski definition) is 20. The lowest BCUT2D eigenvalue weighted by Gasteiger charge is -2.30. The summed E-state index contributed by atoms with van der Waals surface area (Å²) in [6, 6.07) is 56.0. The molecule has 0 aliphatic heterocycles. The number of hydrogen-bond donors (Lipinski definition) is 16. The molecule has 0 aromatic heterocycles. The Hall–Kier alpha value is -8.71. The number of phenols is 8. The van der Waals surface area contributed by atoms with E-state index in [4.69, 9.17) is 17.5 Å². The maximum atomic E-state index is 9.67.